The molecule has 0 fully saturated rings. The first-order valence-corrected chi connectivity index (χ1v) is 13.6. The molecule has 0 saturated heterocycles. The number of non-ortho nitro benzene ring substituents is 2. The van der Waals surface area contributed by atoms with E-state index in [0.29, 0.717) is 33.6 Å². The molecule has 0 atom stereocenters. The first kappa shape index (κ1) is 27.0. The van der Waals surface area contributed by atoms with Crippen LogP contribution in [0.2, 0.25) is 0 Å². The third-order valence-electron chi connectivity index (χ3n) is 6.16. The van der Waals surface area contributed by atoms with E-state index < -0.39 is 19.7 Å². The second-order valence-electron chi connectivity index (χ2n) is 8.84. The molecule has 10 nitrogen and oxygen atoms in total. The van der Waals surface area contributed by atoms with Crippen molar-refractivity contribution < 1.29 is 18.3 Å². The Kier molecular flexibility index (Phi) is 7.44. The molecule has 4 aromatic carbocycles. The highest BCUT2D eigenvalue weighted by Gasteiger charge is 2.33. The fourth-order valence-electron chi connectivity index (χ4n) is 4.24. The van der Waals surface area contributed by atoms with E-state index in [0.717, 1.165) is 0 Å². The van der Waals surface area contributed by atoms with Gasteiger partial charge in [0, 0.05) is 47.8 Å². The molecular weight excluding hydrogens is 544 g/mol. The smallest absolute Gasteiger partial charge is 0.258 e. The maximum atomic E-state index is 13.3. The monoisotopic (exact) mass is 564 g/mol. The molecule has 0 N–H and O–H groups in total. The van der Waals surface area contributed by atoms with Gasteiger partial charge in [-0.25, -0.2) is 8.42 Å². The second-order valence-corrected chi connectivity index (χ2v) is 10.7. The molecule has 0 radical (unpaired) electrons. The van der Waals surface area contributed by atoms with Crippen molar-refractivity contribution in [2.24, 2.45) is 9.98 Å². The van der Waals surface area contributed by atoms with Crippen LogP contribution < -0.4 is 0 Å². The minimum atomic E-state index is -3.79. The zero-order chi connectivity index (χ0) is 29.0. The summed E-state index contributed by atoms with van der Waals surface area (Å²) in [5.41, 5.74) is 3.27. The van der Waals surface area contributed by atoms with Gasteiger partial charge in [0.1, 0.15) is 0 Å². The average Bonchev–Trinajstić information content (AvgIpc) is 3.19. The van der Waals surface area contributed by atoms with Crippen molar-refractivity contribution in [3.8, 4) is 11.1 Å². The fourth-order valence-corrected chi connectivity index (χ4v) is 5.97. The standard InChI is InChI=1S/C30H20N4O6S/c35-33(36)25-9-1-5-21(17-25)7-3-15-31-23-11-13-27-28-14-12-24(20-30(28)41(39,40)29(27)19-23)32-16-4-8-22-6-2-10-26(18-22)34(37)38/h1-20H. The third-order valence-corrected chi connectivity index (χ3v) is 7.99. The molecule has 0 amide bonds. The molecule has 0 spiro atoms. The second kappa shape index (κ2) is 11.3. The van der Waals surface area contributed by atoms with Gasteiger partial charge in [0.25, 0.3) is 11.4 Å². The number of nitro groups is 2. The molecule has 11 heteroatoms. The number of nitrogens with zero attached hydrogens (tertiary/aromatic N) is 4. The maximum Gasteiger partial charge on any atom is 0.270 e. The lowest BCUT2D eigenvalue weighted by molar-refractivity contribution is -0.385. The van der Waals surface area contributed by atoms with Crippen LogP contribution in [0.15, 0.2) is 117 Å². The van der Waals surface area contributed by atoms with Gasteiger partial charge in [0.2, 0.25) is 9.84 Å². The summed E-state index contributed by atoms with van der Waals surface area (Å²) >= 11 is 0. The molecule has 1 aliphatic heterocycles. The number of allylic oxidation sites excluding steroid dienone is 2. The number of hydrogen-bond donors (Lipinski definition) is 0. The van der Waals surface area contributed by atoms with Crippen LogP contribution in [0.1, 0.15) is 11.1 Å². The van der Waals surface area contributed by atoms with Crippen molar-refractivity contribution in [3.05, 3.63) is 128 Å². The van der Waals surface area contributed by atoms with Gasteiger partial charge < -0.3 is 0 Å². The minimum Gasteiger partial charge on any atom is -0.258 e. The van der Waals surface area contributed by atoms with Crippen molar-refractivity contribution in [2.75, 3.05) is 0 Å². The van der Waals surface area contributed by atoms with Crippen LogP contribution in [0.5, 0.6) is 0 Å². The fraction of sp³-hybridized carbons (Fsp3) is 0. The van der Waals surface area contributed by atoms with E-state index in [1.54, 1.807) is 72.8 Å². The summed E-state index contributed by atoms with van der Waals surface area (Å²) in [6.45, 7) is 0. The molecule has 1 heterocycles. The van der Waals surface area contributed by atoms with Crippen LogP contribution in [0, 0.1) is 20.2 Å². The highest BCUT2D eigenvalue weighted by Crippen LogP contribution is 2.45. The van der Waals surface area contributed by atoms with Crippen LogP contribution in [0.25, 0.3) is 23.3 Å². The van der Waals surface area contributed by atoms with E-state index in [4.69, 9.17) is 0 Å². The number of fused-ring (bicyclic) bond motifs is 3. The molecule has 0 aliphatic carbocycles. The summed E-state index contributed by atoms with van der Waals surface area (Å²) in [6.07, 6.45) is 9.54. The largest absolute Gasteiger partial charge is 0.270 e. The summed E-state index contributed by atoms with van der Waals surface area (Å²) in [4.78, 5) is 29.8. The van der Waals surface area contributed by atoms with Crippen LogP contribution in [-0.4, -0.2) is 30.7 Å². The molecule has 202 valence electrons. The van der Waals surface area contributed by atoms with Gasteiger partial charge in [-0.2, -0.15) is 0 Å². The minimum absolute atomic E-state index is 0.0155. The molecule has 4 aromatic rings. The van der Waals surface area contributed by atoms with Gasteiger partial charge in [-0.05, 0) is 47.5 Å². The normalized spacial score (nSPS) is 13.8. The summed E-state index contributed by atoms with van der Waals surface area (Å²) in [5, 5.41) is 21.9. The molecule has 41 heavy (non-hydrogen) atoms. The molecule has 0 bridgehead atoms. The van der Waals surface area contributed by atoms with E-state index in [2.05, 4.69) is 9.98 Å². The zero-order valence-corrected chi connectivity index (χ0v) is 22.0. The molecule has 0 unspecified atom stereocenters. The van der Waals surface area contributed by atoms with Gasteiger partial charge in [-0.1, -0.05) is 48.6 Å². The van der Waals surface area contributed by atoms with Crippen molar-refractivity contribution in [2.45, 2.75) is 9.79 Å². The first-order valence-electron chi connectivity index (χ1n) is 12.2. The highest BCUT2D eigenvalue weighted by molar-refractivity contribution is 7.92. The summed E-state index contributed by atoms with van der Waals surface area (Å²) in [7, 11) is -3.79. The topological polar surface area (TPSA) is 145 Å². The number of benzene rings is 4. The maximum absolute atomic E-state index is 13.3. The predicted octanol–water partition coefficient (Wildman–Crippen LogP) is 7.15. The Bertz CT molecular complexity index is 1790. The number of rotatable bonds is 8. The van der Waals surface area contributed by atoms with Crippen LogP contribution in [0.4, 0.5) is 22.7 Å². The summed E-state index contributed by atoms with van der Waals surface area (Å²) in [5.74, 6) is 0. The van der Waals surface area contributed by atoms with Gasteiger partial charge in [-0.3, -0.25) is 30.2 Å². The predicted molar refractivity (Wildman–Crippen MR) is 158 cm³/mol. The average molecular weight is 565 g/mol. The van der Waals surface area contributed by atoms with Crippen molar-refractivity contribution >= 4 is 57.2 Å². The van der Waals surface area contributed by atoms with Gasteiger partial charge in [0.15, 0.2) is 0 Å². The van der Waals surface area contributed by atoms with Crippen molar-refractivity contribution in [1.29, 1.82) is 0 Å². The van der Waals surface area contributed by atoms with Crippen LogP contribution in [0.3, 0.4) is 0 Å². The van der Waals surface area contributed by atoms with Crippen LogP contribution in [-0.2, 0) is 9.84 Å². The lowest BCUT2D eigenvalue weighted by Gasteiger charge is -2.00. The van der Waals surface area contributed by atoms with Gasteiger partial charge in [-0.15, -0.1) is 0 Å². The van der Waals surface area contributed by atoms with E-state index >= 15 is 0 Å². The Morgan fingerprint density at radius 2 is 1.05 bits per heavy atom. The Balaban J connectivity index is 1.32. The molecule has 0 aromatic heterocycles. The van der Waals surface area contributed by atoms with Crippen LogP contribution >= 0.6 is 0 Å². The van der Waals surface area contributed by atoms with Gasteiger partial charge in [0.05, 0.1) is 31.0 Å². The highest BCUT2D eigenvalue weighted by atomic mass is 32.2. The van der Waals surface area contributed by atoms with E-state index in [1.807, 2.05) is 0 Å². The third kappa shape index (κ3) is 5.89. The lowest BCUT2D eigenvalue weighted by atomic mass is 10.1. The first-order chi connectivity index (χ1) is 19.7. The lowest BCUT2D eigenvalue weighted by Crippen LogP contribution is -1.96. The SMILES string of the molecule is O=[N+]([O-])c1cccc(C=CC=Nc2ccc3c(c2)S(=O)(=O)c2cc(N=CC=Cc4cccc([N+](=O)[O-])c4)ccc2-3)c1. The Morgan fingerprint density at radius 1 is 0.610 bits per heavy atom. The Hall–Kier alpha value is -5.55. The zero-order valence-electron chi connectivity index (χ0n) is 21.2. The van der Waals surface area contributed by atoms with Crippen molar-refractivity contribution in [3.63, 3.8) is 0 Å². The van der Waals surface area contributed by atoms with E-state index in [-0.39, 0.29) is 21.2 Å². The summed E-state index contributed by atoms with van der Waals surface area (Å²) < 4.78 is 26.7. The molecule has 5 rings (SSSR count). The Morgan fingerprint density at radius 3 is 1.46 bits per heavy atom. The summed E-state index contributed by atoms with van der Waals surface area (Å²) in [6, 6.07) is 22.2. The quantitative estimate of drug-likeness (QED) is 0.111. The van der Waals surface area contributed by atoms with E-state index in [1.165, 1.54) is 48.8 Å². The number of nitro benzene ring substituents is 2. The molecule has 0 saturated carbocycles. The van der Waals surface area contributed by atoms with E-state index in [9.17, 15) is 28.6 Å². The number of aliphatic imine (C=N–C) groups is 2. The molecular formula is C30H20N4O6S. The number of hydrogen-bond acceptors (Lipinski definition) is 8. The number of sulfone groups is 1. The van der Waals surface area contributed by atoms with Crippen molar-refractivity contribution in [1.82, 2.24) is 0 Å². The Labute approximate surface area is 234 Å². The molecule has 1 aliphatic rings. The van der Waals surface area contributed by atoms with Gasteiger partial charge >= 0.3 is 0 Å².